The molecule has 0 spiro atoms. The first-order chi connectivity index (χ1) is 14.6. The van der Waals surface area contributed by atoms with E-state index in [-0.39, 0.29) is 11.9 Å². The average Bonchev–Trinajstić information content (AvgIpc) is 2.72. The van der Waals surface area contributed by atoms with E-state index in [1.807, 2.05) is 30.3 Å². The molecule has 8 heteroatoms. The van der Waals surface area contributed by atoms with Gasteiger partial charge in [-0.05, 0) is 37.0 Å². The van der Waals surface area contributed by atoms with Crippen LogP contribution in [0.5, 0.6) is 11.5 Å². The lowest BCUT2D eigenvalue weighted by Crippen LogP contribution is -2.48. The number of carbonyl (C=O) groups is 1. The van der Waals surface area contributed by atoms with Crippen LogP contribution in [0.25, 0.3) is 0 Å². The number of hydrogen-bond acceptors (Lipinski definition) is 5. The van der Waals surface area contributed by atoms with Gasteiger partial charge in [0.1, 0.15) is 6.04 Å². The number of carbonyl (C=O) groups excluding carboxylic acids is 1. The first-order valence-electron chi connectivity index (χ1n) is 10.1. The normalized spacial score (nSPS) is 13.4. The summed E-state index contributed by atoms with van der Waals surface area (Å²) in [7, 11) is -0.783. The number of anilines is 1. The molecule has 0 aromatic heterocycles. The van der Waals surface area contributed by atoms with Crippen molar-refractivity contribution in [2.45, 2.75) is 39.3 Å². The summed E-state index contributed by atoms with van der Waals surface area (Å²) < 4.78 is 36.9. The van der Waals surface area contributed by atoms with Crippen molar-refractivity contribution < 1.29 is 22.7 Å². The largest absolute Gasteiger partial charge is 0.493 e. The first kappa shape index (κ1) is 24.5. The number of rotatable bonds is 10. The van der Waals surface area contributed by atoms with E-state index in [2.05, 4.69) is 19.2 Å². The van der Waals surface area contributed by atoms with Gasteiger partial charge in [-0.25, -0.2) is 8.42 Å². The van der Waals surface area contributed by atoms with Crippen LogP contribution in [-0.2, 0) is 14.8 Å². The van der Waals surface area contributed by atoms with E-state index in [1.165, 1.54) is 14.2 Å². The summed E-state index contributed by atoms with van der Waals surface area (Å²) in [5.74, 6) is 0.813. The summed E-state index contributed by atoms with van der Waals surface area (Å²) in [4.78, 5) is 13.2. The highest BCUT2D eigenvalue weighted by Crippen LogP contribution is 2.33. The highest BCUT2D eigenvalue weighted by atomic mass is 32.2. The van der Waals surface area contributed by atoms with E-state index >= 15 is 0 Å². The smallest absolute Gasteiger partial charge is 0.244 e. The monoisotopic (exact) mass is 448 g/mol. The van der Waals surface area contributed by atoms with Crippen molar-refractivity contribution in [1.82, 2.24) is 5.32 Å². The van der Waals surface area contributed by atoms with Crippen LogP contribution in [0.3, 0.4) is 0 Å². The van der Waals surface area contributed by atoms with Gasteiger partial charge in [0.2, 0.25) is 15.9 Å². The van der Waals surface area contributed by atoms with Gasteiger partial charge in [0, 0.05) is 6.07 Å². The Hall–Kier alpha value is -2.74. The average molecular weight is 449 g/mol. The van der Waals surface area contributed by atoms with E-state index in [4.69, 9.17) is 9.47 Å². The highest BCUT2D eigenvalue weighted by molar-refractivity contribution is 7.92. The maximum Gasteiger partial charge on any atom is 0.244 e. The zero-order valence-electron chi connectivity index (χ0n) is 19.0. The predicted molar refractivity (Wildman–Crippen MR) is 123 cm³/mol. The molecule has 0 heterocycles. The molecule has 0 unspecified atom stereocenters. The van der Waals surface area contributed by atoms with Crippen molar-refractivity contribution in [3.63, 3.8) is 0 Å². The summed E-state index contributed by atoms with van der Waals surface area (Å²) in [6.07, 6.45) is 1.81. The third-order valence-corrected chi connectivity index (χ3v) is 6.18. The van der Waals surface area contributed by atoms with Gasteiger partial charge in [-0.1, -0.05) is 44.2 Å². The van der Waals surface area contributed by atoms with Gasteiger partial charge in [-0.2, -0.15) is 0 Å². The molecule has 0 fully saturated rings. The van der Waals surface area contributed by atoms with Gasteiger partial charge >= 0.3 is 0 Å². The van der Waals surface area contributed by atoms with Gasteiger partial charge < -0.3 is 14.8 Å². The molecule has 0 saturated heterocycles. The van der Waals surface area contributed by atoms with Crippen LogP contribution in [0.15, 0.2) is 48.5 Å². The fourth-order valence-corrected chi connectivity index (χ4v) is 4.66. The van der Waals surface area contributed by atoms with Crippen molar-refractivity contribution in [1.29, 1.82) is 0 Å². The Labute approximate surface area is 185 Å². The molecule has 0 bridgehead atoms. The summed E-state index contributed by atoms with van der Waals surface area (Å²) in [6, 6.07) is 13.2. The van der Waals surface area contributed by atoms with Gasteiger partial charge in [-0.3, -0.25) is 9.10 Å². The Morgan fingerprint density at radius 3 is 2.13 bits per heavy atom. The molecule has 31 heavy (non-hydrogen) atoms. The molecule has 0 aliphatic carbocycles. The molecular formula is C23H32N2O5S. The van der Waals surface area contributed by atoms with Gasteiger partial charge in [0.25, 0.3) is 0 Å². The molecule has 1 amide bonds. The van der Waals surface area contributed by atoms with Gasteiger partial charge in [0.15, 0.2) is 11.5 Å². The Balaban J connectivity index is 2.36. The summed E-state index contributed by atoms with van der Waals surface area (Å²) in [5, 5.41) is 3.04. The van der Waals surface area contributed by atoms with E-state index in [0.717, 1.165) is 22.5 Å². The Morgan fingerprint density at radius 2 is 1.61 bits per heavy atom. The number of nitrogens with one attached hydrogen (secondary N) is 1. The zero-order valence-corrected chi connectivity index (χ0v) is 19.8. The molecule has 2 atom stereocenters. The zero-order chi connectivity index (χ0) is 23.2. The quantitative estimate of drug-likeness (QED) is 0.598. The van der Waals surface area contributed by atoms with Crippen LogP contribution < -0.4 is 19.1 Å². The molecule has 0 aliphatic rings. The molecule has 2 rings (SSSR count). The van der Waals surface area contributed by atoms with Crippen molar-refractivity contribution in [2.75, 3.05) is 24.8 Å². The number of amides is 1. The second kappa shape index (κ2) is 10.5. The van der Waals surface area contributed by atoms with Crippen LogP contribution in [0.1, 0.15) is 38.8 Å². The number of sulfonamides is 1. The molecule has 0 aliphatic heterocycles. The van der Waals surface area contributed by atoms with E-state index in [1.54, 1.807) is 25.1 Å². The minimum absolute atomic E-state index is 0.219. The van der Waals surface area contributed by atoms with E-state index in [9.17, 15) is 13.2 Å². The number of benzene rings is 2. The molecular weight excluding hydrogens is 416 g/mol. The lowest BCUT2D eigenvalue weighted by molar-refractivity contribution is -0.122. The lowest BCUT2D eigenvalue weighted by atomic mass is 9.96. The second-order valence-electron chi connectivity index (χ2n) is 7.88. The third-order valence-electron chi connectivity index (χ3n) is 4.94. The molecule has 7 nitrogen and oxygen atoms in total. The van der Waals surface area contributed by atoms with Gasteiger partial charge in [0.05, 0.1) is 32.2 Å². The molecule has 170 valence electrons. The van der Waals surface area contributed by atoms with Crippen molar-refractivity contribution in [2.24, 2.45) is 5.92 Å². The third kappa shape index (κ3) is 6.37. The van der Waals surface area contributed by atoms with Crippen molar-refractivity contribution in [3.05, 3.63) is 54.1 Å². The minimum atomic E-state index is -3.75. The summed E-state index contributed by atoms with van der Waals surface area (Å²) >= 11 is 0. The molecule has 0 radical (unpaired) electrons. The Bertz CT molecular complexity index is 977. The number of hydrogen-bond donors (Lipinski definition) is 1. The van der Waals surface area contributed by atoms with Crippen LogP contribution in [0.4, 0.5) is 5.69 Å². The molecule has 1 N–H and O–H groups in total. The fraction of sp³-hybridized carbons (Fsp3) is 0.435. The van der Waals surface area contributed by atoms with Crippen molar-refractivity contribution >= 4 is 21.6 Å². The number of nitrogens with zero attached hydrogens (tertiary/aromatic N) is 1. The van der Waals surface area contributed by atoms with Crippen LogP contribution in [0, 0.1) is 5.92 Å². The molecule has 2 aromatic rings. The second-order valence-corrected chi connectivity index (χ2v) is 9.73. The molecule has 0 saturated carbocycles. The summed E-state index contributed by atoms with van der Waals surface area (Å²) in [5.41, 5.74) is 1.30. The van der Waals surface area contributed by atoms with E-state index in [0.29, 0.717) is 23.1 Å². The fourth-order valence-electron chi connectivity index (χ4n) is 3.50. The van der Waals surface area contributed by atoms with Crippen molar-refractivity contribution in [3.8, 4) is 11.5 Å². The SMILES string of the molecule is COc1ccc(N([C@H](C)C(=O)N[C@H](CC(C)C)c2ccccc2)S(C)(=O)=O)cc1OC. The first-order valence-corrected chi connectivity index (χ1v) is 12.0. The van der Waals surface area contributed by atoms with Crippen LogP contribution in [0.2, 0.25) is 0 Å². The molecule has 2 aromatic carbocycles. The maximum atomic E-state index is 13.2. The summed E-state index contributed by atoms with van der Waals surface area (Å²) in [6.45, 7) is 5.74. The predicted octanol–water partition coefficient (Wildman–Crippen LogP) is 3.76. The standard InChI is InChI=1S/C23H32N2O5S/c1-16(2)14-20(18-10-8-7-9-11-18)24-23(26)17(3)25(31(6,27)28)19-12-13-21(29-4)22(15-19)30-5/h7-13,15-17,20H,14H2,1-6H3,(H,24,26)/t17-,20-/m1/s1. The Morgan fingerprint density at radius 1 is 1.00 bits per heavy atom. The highest BCUT2D eigenvalue weighted by Gasteiger charge is 2.31. The maximum absolute atomic E-state index is 13.2. The van der Waals surface area contributed by atoms with Crippen LogP contribution >= 0.6 is 0 Å². The minimum Gasteiger partial charge on any atom is -0.493 e. The van der Waals surface area contributed by atoms with Gasteiger partial charge in [-0.15, -0.1) is 0 Å². The number of ether oxygens (including phenoxy) is 2. The van der Waals surface area contributed by atoms with E-state index < -0.39 is 16.1 Å². The lowest BCUT2D eigenvalue weighted by Gasteiger charge is -2.30. The topological polar surface area (TPSA) is 84.9 Å². The van der Waals surface area contributed by atoms with Crippen LogP contribution in [-0.4, -0.2) is 40.8 Å². The Kier molecular flexibility index (Phi) is 8.33. The number of methoxy groups -OCH3 is 2.